The van der Waals surface area contributed by atoms with E-state index in [1.54, 1.807) is 6.33 Å². The van der Waals surface area contributed by atoms with Gasteiger partial charge in [0.1, 0.15) is 12.2 Å². The van der Waals surface area contributed by atoms with Gasteiger partial charge in [0.15, 0.2) is 0 Å². The summed E-state index contributed by atoms with van der Waals surface area (Å²) in [5.74, 6) is 2.11. The molecule has 0 spiro atoms. The van der Waals surface area contributed by atoms with Crippen LogP contribution in [0, 0.1) is 11.3 Å². The van der Waals surface area contributed by atoms with Crippen molar-refractivity contribution in [2.24, 2.45) is 11.3 Å². The van der Waals surface area contributed by atoms with Crippen LogP contribution in [-0.4, -0.2) is 27.9 Å². The van der Waals surface area contributed by atoms with Crippen molar-refractivity contribution < 1.29 is 0 Å². The van der Waals surface area contributed by atoms with E-state index in [0.717, 1.165) is 25.3 Å². The minimum atomic E-state index is 0.481. The smallest absolute Gasteiger partial charge is 0.138 e. The summed E-state index contributed by atoms with van der Waals surface area (Å²) in [6.07, 6.45) is 9.66. The van der Waals surface area contributed by atoms with E-state index < -0.39 is 0 Å². The van der Waals surface area contributed by atoms with Crippen molar-refractivity contribution in [1.82, 2.24) is 20.1 Å². The lowest BCUT2D eigenvalue weighted by Gasteiger charge is -2.47. The van der Waals surface area contributed by atoms with Crippen molar-refractivity contribution in [2.75, 3.05) is 13.1 Å². The second-order valence-electron chi connectivity index (χ2n) is 6.02. The number of hydrogen-bond donors (Lipinski definition) is 1. The quantitative estimate of drug-likeness (QED) is 0.867. The zero-order valence-electron chi connectivity index (χ0n) is 11.4. The summed E-state index contributed by atoms with van der Waals surface area (Å²) >= 11 is 0. The first-order valence-electron chi connectivity index (χ1n) is 7.41. The van der Waals surface area contributed by atoms with Gasteiger partial charge in [0.2, 0.25) is 0 Å². The number of nitrogens with one attached hydrogen (secondary N) is 1. The first-order valence-corrected chi connectivity index (χ1v) is 7.41. The first-order chi connectivity index (χ1) is 8.84. The normalized spacial score (nSPS) is 23.2. The third-order valence-corrected chi connectivity index (χ3v) is 4.82. The first kappa shape index (κ1) is 12.2. The summed E-state index contributed by atoms with van der Waals surface area (Å²) in [6.45, 7) is 5.56. The van der Waals surface area contributed by atoms with E-state index in [0.29, 0.717) is 5.41 Å². The Morgan fingerprint density at radius 3 is 2.78 bits per heavy atom. The molecular formula is C14H24N4. The highest BCUT2D eigenvalue weighted by atomic mass is 15.3. The molecule has 1 aromatic rings. The van der Waals surface area contributed by atoms with Crippen LogP contribution in [0.5, 0.6) is 0 Å². The van der Waals surface area contributed by atoms with Gasteiger partial charge in [-0.05, 0) is 25.2 Å². The van der Waals surface area contributed by atoms with Gasteiger partial charge in [-0.1, -0.05) is 19.8 Å². The van der Waals surface area contributed by atoms with Crippen LogP contribution < -0.4 is 5.32 Å². The molecule has 0 unspecified atom stereocenters. The van der Waals surface area contributed by atoms with E-state index in [-0.39, 0.29) is 0 Å². The lowest BCUT2D eigenvalue weighted by Crippen LogP contribution is -2.58. The van der Waals surface area contributed by atoms with E-state index in [1.165, 1.54) is 44.6 Å². The Bertz CT molecular complexity index is 388. The zero-order chi connectivity index (χ0) is 12.4. The minimum Gasteiger partial charge on any atom is -0.315 e. The molecule has 3 rings (SSSR count). The van der Waals surface area contributed by atoms with Gasteiger partial charge in [-0.15, -0.1) is 0 Å². The van der Waals surface area contributed by atoms with E-state index >= 15 is 0 Å². The van der Waals surface area contributed by atoms with E-state index in [4.69, 9.17) is 0 Å². The summed E-state index contributed by atoms with van der Waals surface area (Å²) in [4.78, 5) is 4.50. The van der Waals surface area contributed by atoms with Crippen molar-refractivity contribution in [1.29, 1.82) is 0 Å². The Labute approximate surface area is 109 Å². The van der Waals surface area contributed by atoms with Gasteiger partial charge in [0.25, 0.3) is 0 Å². The summed E-state index contributed by atoms with van der Waals surface area (Å²) in [7, 11) is 0. The fraction of sp³-hybridized carbons (Fsp3) is 0.857. The van der Waals surface area contributed by atoms with E-state index in [9.17, 15) is 0 Å². The highest BCUT2D eigenvalue weighted by Gasteiger charge is 2.45. The Balaban J connectivity index is 1.74. The second-order valence-corrected chi connectivity index (χ2v) is 6.02. The van der Waals surface area contributed by atoms with Crippen LogP contribution >= 0.6 is 0 Å². The molecule has 0 atom stereocenters. The number of hydrogen-bond acceptors (Lipinski definition) is 3. The maximum Gasteiger partial charge on any atom is 0.138 e. The summed E-state index contributed by atoms with van der Waals surface area (Å²) in [5.41, 5.74) is 0.481. The molecule has 0 amide bonds. The van der Waals surface area contributed by atoms with Gasteiger partial charge in [-0.3, -0.25) is 4.68 Å². The highest BCUT2D eigenvalue weighted by Crippen LogP contribution is 2.44. The van der Waals surface area contributed by atoms with Crippen LogP contribution in [0.4, 0.5) is 0 Å². The molecular weight excluding hydrogens is 224 g/mol. The second kappa shape index (κ2) is 5.00. The van der Waals surface area contributed by atoms with Gasteiger partial charge in [-0.2, -0.15) is 5.10 Å². The van der Waals surface area contributed by atoms with Gasteiger partial charge >= 0.3 is 0 Å². The number of nitrogens with zero attached hydrogens (tertiary/aromatic N) is 3. The van der Waals surface area contributed by atoms with Gasteiger partial charge in [0.05, 0.1) is 0 Å². The SMILES string of the molecule is CCCn1ncnc1CC1(C2CCCC2)CNC1. The summed E-state index contributed by atoms with van der Waals surface area (Å²) in [6, 6.07) is 0. The molecule has 1 N–H and O–H groups in total. The van der Waals surface area contributed by atoms with Crippen LogP contribution in [0.15, 0.2) is 6.33 Å². The molecule has 1 aromatic heterocycles. The van der Waals surface area contributed by atoms with E-state index in [2.05, 4.69) is 27.0 Å². The lowest BCUT2D eigenvalue weighted by atomic mass is 9.67. The van der Waals surface area contributed by atoms with Crippen LogP contribution in [-0.2, 0) is 13.0 Å². The average molecular weight is 248 g/mol. The molecule has 0 radical (unpaired) electrons. The number of aryl methyl sites for hydroxylation is 1. The fourth-order valence-corrected chi connectivity index (χ4v) is 3.68. The molecule has 2 heterocycles. The van der Waals surface area contributed by atoms with Gasteiger partial charge < -0.3 is 5.32 Å². The molecule has 1 aliphatic heterocycles. The standard InChI is InChI=1S/C14H24N4/c1-2-7-18-13(16-11-17-18)8-14(9-15-10-14)12-5-3-4-6-12/h11-12,15H,2-10H2,1H3. The molecule has 4 nitrogen and oxygen atoms in total. The van der Waals surface area contributed by atoms with Gasteiger partial charge in [-0.25, -0.2) is 4.98 Å². The van der Waals surface area contributed by atoms with Crippen LogP contribution in [0.3, 0.4) is 0 Å². The largest absolute Gasteiger partial charge is 0.315 e. The van der Waals surface area contributed by atoms with Crippen molar-refractivity contribution in [3.05, 3.63) is 12.2 Å². The molecule has 1 saturated heterocycles. The van der Waals surface area contributed by atoms with Crippen LogP contribution in [0.1, 0.15) is 44.9 Å². The average Bonchev–Trinajstić information content (AvgIpc) is 2.95. The zero-order valence-corrected chi connectivity index (χ0v) is 11.4. The van der Waals surface area contributed by atoms with Crippen molar-refractivity contribution >= 4 is 0 Å². The Hall–Kier alpha value is -0.900. The van der Waals surface area contributed by atoms with E-state index in [1.807, 2.05) is 0 Å². The Morgan fingerprint density at radius 2 is 2.17 bits per heavy atom. The molecule has 1 saturated carbocycles. The lowest BCUT2D eigenvalue weighted by molar-refractivity contribution is 0.0771. The third kappa shape index (κ3) is 2.07. The molecule has 0 bridgehead atoms. The summed E-state index contributed by atoms with van der Waals surface area (Å²) in [5, 5.41) is 7.85. The maximum atomic E-state index is 4.50. The summed E-state index contributed by atoms with van der Waals surface area (Å²) < 4.78 is 2.11. The molecule has 18 heavy (non-hydrogen) atoms. The molecule has 100 valence electrons. The molecule has 2 fully saturated rings. The molecule has 2 aliphatic rings. The maximum absolute atomic E-state index is 4.50. The predicted molar refractivity (Wildman–Crippen MR) is 71.3 cm³/mol. The van der Waals surface area contributed by atoms with Crippen molar-refractivity contribution in [3.8, 4) is 0 Å². The number of aromatic nitrogens is 3. The van der Waals surface area contributed by atoms with Crippen LogP contribution in [0.25, 0.3) is 0 Å². The topological polar surface area (TPSA) is 42.7 Å². The minimum absolute atomic E-state index is 0.481. The molecule has 4 heteroatoms. The highest BCUT2D eigenvalue weighted by molar-refractivity contribution is 5.05. The Kier molecular flexibility index (Phi) is 3.37. The van der Waals surface area contributed by atoms with Gasteiger partial charge in [0, 0.05) is 31.5 Å². The van der Waals surface area contributed by atoms with Crippen molar-refractivity contribution in [2.45, 2.75) is 52.0 Å². The fourth-order valence-electron chi connectivity index (χ4n) is 3.68. The van der Waals surface area contributed by atoms with Crippen molar-refractivity contribution in [3.63, 3.8) is 0 Å². The number of rotatable bonds is 5. The third-order valence-electron chi connectivity index (χ3n) is 4.82. The monoisotopic (exact) mass is 248 g/mol. The Morgan fingerprint density at radius 1 is 1.39 bits per heavy atom. The molecule has 1 aliphatic carbocycles. The molecule has 0 aromatic carbocycles. The predicted octanol–water partition coefficient (Wildman–Crippen LogP) is 2.01. The van der Waals surface area contributed by atoms with Crippen LogP contribution in [0.2, 0.25) is 0 Å².